The summed E-state index contributed by atoms with van der Waals surface area (Å²) in [4.78, 5) is 10.9. The van der Waals surface area contributed by atoms with Gasteiger partial charge in [-0.1, -0.05) is 29.5 Å². The highest BCUT2D eigenvalue weighted by Crippen LogP contribution is 2.18. The molecule has 0 fully saturated rings. The zero-order chi connectivity index (χ0) is 11.3. The van der Waals surface area contributed by atoms with Crippen molar-refractivity contribution >= 4 is 30.2 Å². The van der Waals surface area contributed by atoms with Gasteiger partial charge in [-0.2, -0.15) is 12.6 Å². The van der Waals surface area contributed by atoms with Gasteiger partial charge in [0.05, 0.1) is 16.1 Å². The summed E-state index contributed by atoms with van der Waals surface area (Å²) in [5.74, 6) is 5.18. The van der Waals surface area contributed by atoms with E-state index < -0.39 is 5.97 Å². The summed E-state index contributed by atoms with van der Waals surface area (Å²) in [6.45, 7) is 0. The Balaban J connectivity index is 3.15. The first-order valence-corrected chi connectivity index (χ1v) is 5.29. The highest BCUT2D eigenvalue weighted by molar-refractivity contribution is 7.80. The number of aromatic carboxylic acids is 1. The molecule has 0 unspecified atom stereocenters. The second-order valence-corrected chi connectivity index (χ2v) is 3.60. The SMILES string of the molecule is O=C(O)c1cccc(Cl)c1C#CCCS. The average Bonchev–Trinajstić information content (AvgIpc) is 2.20. The van der Waals surface area contributed by atoms with Crippen LogP contribution in [0.1, 0.15) is 22.3 Å². The number of carboxylic acid groups (broad SMARTS) is 1. The molecule has 1 aromatic rings. The van der Waals surface area contributed by atoms with Crippen molar-refractivity contribution in [1.82, 2.24) is 0 Å². The monoisotopic (exact) mass is 240 g/mol. The van der Waals surface area contributed by atoms with E-state index in [1.54, 1.807) is 12.1 Å². The maximum atomic E-state index is 10.9. The Labute approximate surface area is 98.7 Å². The lowest BCUT2D eigenvalue weighted by atomic mass is 10.1. The predicted molar refractivity (Wildman–Crippen MR) is 63.8 cm³/mol. The number of benzene rings is 1. The topological polar surface area (TPSA) is 37.3 Å². The molecule has 0 amide bonds. The van der Waals surface area contributed by atoms with Crippen molar-refractivity contribution in [1.29, 1.82) is 0 Å². The van der Waals surface area contributed by atoms with Gasteiger partial charge in [0.2, 0.25) is 0 Å². The number of thiol groups is 1. The molecule has 0 aliphatic rings. The molecule has 0 aromatic heterocycles. The second-order valence-electron chi connectivity index (χ2n) is 2.74. The zero-order valence-corrected chi connectivity index (χ0v) is 9.48. The lowest BCUT2D eigenvalue weighted by molar-refractivity contribution is 0.0696. The Hall–Kier alpha value is -1.11. The number of rotatable bonds is 2. The number of hydrogen-bond acceptors (Lipinski definition) is 2. The van der Waals surface area contributed by atoms with Crippen molar-refractivity contribution in [3.05, 3.63) is 34.3 Å². The van der Waals surface area contributed by atoms with Gasteiger partial charge in [0.1, 0.15) is 0 Å². The maximum Gasteiger partial charge on any atom is 0.337 e. The van der Waals surface area contributed by atoms with Gasteiger partial charge >= 0.3 is 5.97 Å². The summed E-state index contributed by atoms with van der Waals surface area (Å²) < 4.78 is 0. The van der Waals surface area contributed by atoms with E-state index in [-0.39, 0.29) is 5.56 Å². The Bertz CT molecular complexity index is 432. The molecule has 1 N–H and O–H groups in total. The third kappa shape index (κ3) is 3.19. The Morgan fingerprint density at radius 2 is 2.27 bits per heavy atom. The highest BCUT2D eigenvalue weighted by Gasteiger charge is 2.10. The molecule has 4 heteroatoms. The van der Waals surface area contributed by atoms with Crippen LogP contribution in [0.4, 0.5) is 0 Å². The van der Waals surface area contributed by atoms with Crippen molar-refractivity contribution in [2.75, 3.05) is 5.75 Å². The van der Waals surface area contributed by atoms with Gasteiger partial charge in [0.25, 0.3) is 0 Å². The number of halogens is 1. The van der Waals surface area contributed by atoms with Gasteiger partial charge in [0, 0.05) is 12.2 Å². The molecule has 0 aliphatic heterocycles. The third-order valence-corrected chi connectivity index (χ3v) is 2.23. The molecule has 1 aromatic carbocycles. The summed E-state index contributed by atoms with van der Waals surface area (Å²) in [7, 11) is 0. The number of carbonyl (C=O) groups is 1. The van der Waals surface area contributed by atoms with Gasteiger partial charge in [-0.3, -0.25) is 0 Å². The molecule has 0 heterocycles. The van der Waals surface area contributed by atoms with Crippen LogP contribution in [0.2, 0.25) is 5.02 Å². The summed E-state index contributed by atoms with van der Waals surface area (Å²) >= 11 is 9.88. The van der Waals surface area contributed by atoms with Crippen LogP contribution in [0, 0.1) is 11.8 Å². The Morgan fingerprint density at radius 1 is 1.53 bits per heavy atom. The van der Waals surface area contributed by atoms with Crippen molar-refractivity contribution in [2.24, 2.45) is 0 Å². The van der Waals surface area contributed by atoms with Crippen molar-refractivity contribution in [2.45, 2.75) is 6.42 Å². The minimum absolute atomic E-state index is 0.133. The molecule has 0 atom stereocenters. The van der Waals surface area contributed by atoms with Crippen LogP contribution < -0.4 is 0 Å². The van der Waals surface area contributed by atoms with Crippen LogP contribution in [0.5, 0.6) is 0 Å². The quantitative estimate of drug-likeness (QED) is 0.616. The summed E-state index contributed by atoms with van der Waals surface area (Å²) in [6, 6.07) is 4.70. The Kier molecular flexibility index (Phi) is 4.54. The van der Waals surface area contributed by atoms with E-state index in [1.807, 2.05) is 0 Å². The normalized spacial score (nSPS) is 9.20. The molecule has 0 aliphatic carbocycles. The fourth-order valence-corrected chi connectivity index (χ4v) is 1.37. The molecule has 2 nitrogen and oxygen atoms in total. The molecule has 0 spiro atoms. The van der Waals surface area contributed by atoms with Crippen LogP contribution in [0.25, 0.3) is 0 Å². The fourth-order valence-electron chi connectivity index (χ4n) is 1.04. The number of hydrogen-bond donors (Lipinski definition) is 2. The van der Waals surface area contributed by atoms with Crippen LogP contribution in [-0.4, -0.2) is 16.8 Å². The molecule has 0 saturated heterocycles. The minimum atomic E-state index is -1.02. The molecular formula is C11H9ClO2S. The van der Waals surface area contributed by atoms with E-state index >= 15 is 0 Å². The average molecular weight is 241 g/mol. The van der Waals surface area contributed by atoms with E-state index in [4.69, 9.17) is 16.7 Å². The minimum Gasteiger partial charge on any atom is -0.478 e. The standard InChI is InChI=1S/C11H9ClO2S/c12-10-6-3-5-9(11(13)14)8(10)4-1-2-7-15/h3,5-6,15H,2,7H2,(H,13,14). The Morgan fingerprint density at radius 3 is 2.87 bits per heavy atom. The van der Waals surface area contributed by atoms with Crippen molar-refractivity contribution in [3.63, 3.8) is 0 Å². The second kappa shape index (κ2) is 5.69. The lowest BCUT2D eigenvalue weighted by Gasteiger charge is -2.00. The molecule has 1 rings (SSSR count). The van der Waals surface area contributed by atoms with Crippen LogP contribution in [0.15, 0.2) is 18.2 Å². The van der Waals surface area contributed by atoms with E-state index in [0.29, 0.717) is 22.8 Å². The highest BCUT2D eigenvalue weighted by atomic mass is 35.5. The van der Waals surface area contributed by atoms with E-state index in [9.17, 15) is 4.79 Å². The molecule has 0 bridgehead atoms. The van der Waals surface area contributed by atoms with Crippen LogP contribution in [-0.2, 0) is 0 Å². The first kappa shape index (κ1) is 12.0. The predicted octanol–water partition coefficient (Wildman–Crippen LogP) is 2.71. The maximum absolute atomic E-state index is 10.9. The van der Waals surface area contributed by atoms with Crippen LogP contribution >= 0.6 is 24.2 Å². The first-order valence-electron chi connectivity index (χ1n) is 4.28. The molecule has 0 saturated carbocycles. The van der Waals surface area contributed by atoms with Gasteiger partial charge in [-0.05, 0) is 12.1 Å². The summed E-state index contributed by atoms with van der Waals surface area (Å²) in [5, 5.41) is 9.27. The lowest BCUT2D eigenvalue weighted by Crippen LogP contribution is -2.00. The van der Waals surface area contributed by atoms with Gasteiger partial charge in [-0.25, -0.2) is 4.79 Å². The smallest absolute Gasteiger partial charge is 0.337 e. The number of carboxylic acids is 1. The summed E-state index contributed by atoms with van der Waals surface area (Å²) in [6.07, 6.45) is 0.605. The van der Waals surface area contributed by atoms with E-state index in [0.717, 1.165) is 0 Å². The molecule has 0 radical (unpaired) electrons. The van der Waals surface area contributed by atoms with Crippen molar-refractivity contribution in [3.8, 4) is 11.8 Å². The van der Waals surface area contributed by atoms with Crippen molar-refractivity contribution < 1.29 is 9.90 Å². The van der Waals surface area contributed by atoms with E-state index in [1.165, 1.54) is 6.07 Å². The molecular weight excluding hydrogens is 232 g/mol. The van der Waals surface area contributed by atoms with Gasteiger partial charge in [-0.15, -0.1) is 0 Å². The zero-order valence-electron chi connectivity index (χ0n) is 7.83. The fraction of sp³-hybridized carbons (Fsp3) is 0.182. The largest absolute Gasteiger partial charge is 0.478 e. The molecule has 15 heavy (non-hydrogen) atoms. The van der Waals surface area contributed by atoms with Gasteiger partial charge in [0.15, 0.2) is 0 Å². The summed E-state index contributed by atoms with van der Waals surface area (Å²) in [5.41, 5.74) is 0.502. The van der Waals surface area contributed by atoms with Crippen LogP contribution in [0.3, 0.4) is 0 Å². The third-order valence-electron chi connectivity index (χ3n) is 1.69. The molecule has 78 valence electrons. The van der Waals surface area contributed by atoms with Gasteiger partial charge < -0.3 is 5.11 Å². The van der Waals surface area contributed by atoms with E-state index in [2.05, 4.69) is 24.5 Å². The first-order chi connectivity index (χ1) is 7.16.